The van der Waals surface area contributed by atoms with Crippen LogP contribution in [0.25, 0.3) is 0 Å². The summed E-state index contributed by atoms with van der Waals surface area (Å²) in [7, 11) is 0. The molecule has 4 heteroatoms. The van der Waals surface area contributed by atoms with Gasteiger partial charge >= 0.3 is 0 Å². The maximum absolute atomic E-state index is 11.0. The minimum absolute atomic E-state index is 0.00410. The Hall–Kier alpha value is -0.870. The monoisotopic (exact) mass is 282 g/mol. The molecule has 0 saturated heterocycles. The van der Waals surface area contributed by atoms with E-state index in [1.807, 2.05) is 11.4 Å². The Morgan fingerprint density at radius 1 is 1.21 bits per heavy atom. The predicted octanol–water partition coefficient (Wildman–Crippen LogP) is 4.16. The Morgan fingerprint density at radius 3 is 2.68 bits per heavy atom. The smallest absolute Gasteiger partial charge is 0.221 e. The van der Waals surface area contributed by atoms with Crippen molar-refractivity contribution in [3.8, 4) is 0 Å². The van der Waals surface area contributed by atoms with Gasteiger partial charge in [-0.15, -0.1) is 11.3 Å². The maximum Gasteiger partial charge on any atom is 0.221 e. The molecule has 1 aromatic rings. The number of unbranched alkanes of at least 4 members (excludes halogenated alkanes) is 5. The van der Waals surface area contributed by atoms with Gasteiger partial charge < -0.3 is 10.6 Å². The van der Waals surface area contributed by atoms with E-state index in [1.54, 1.807) is 18.3 Å². The van der Waals surface area contributed by atoms with Crippen molar-refractivity contribution in [3.63, 3.8) is 0 Å². The molecule has 0 spiro atoms. The van der Waals surface area contributed by atoms with E-state index in [-0.39, 0.29) is 5.91 Å². The van der Waals surface area contributed by atoms with E-state index >= 15 is 0 Å². The molecular weight excluding hydrogens is 256 g/mol. The van der Waals surface area contributed by atoms with E-state index in [2.05, 4.69) is 17.6 Å². The van der Waals surface area contributed by atoms with Crippen molar-refractivity contribution in [2.45, 2.75) is 58.9 Å². The van der Waals surface area contributed by atoms with Crippen molar-refractivity contribution in [1.29, 1.82) is 0 Å². The molecule has 0 aliphatic heterocycles. The average molecular weight is 282 g/mol. The molecule has 108 valence electrons. The molecular formula is C15H26N2OS. The van der Waals surface area contributed by atoms with Gasteiger partial charge in [0.1, 0.15) is 0 Å². The van der Waals surface area contributed by atoms with Crippen molar-refractivity contribution in [2.24, 2.45) is 0 Å². The normalized spacial score (nSPS) is 10.6. The van der Waals surface area contributed by atoms with Gasteiger partial charge in [0, 0.05) is 18.3 Å². The molecule has 2 N–H and O–H groups in total. The van der Waals surface area contributed by atoms with Gasteiger partial charge in [0.2, 0.25) is 5.91 Å². The van der Waals surface area contributed by atoms with Crippen molar-refractivity contribution in [1.82, 2.24) is 5.32 Å². The van der Waals surface area contributed by atoms with E-state index in [1.165, 1.54) is 43.4 Å². The molecule has 0 bridgehead atoms. The first-order chi connectivity index (χ1) is 9.24. The first kappa shape index (κ1) is 16.2. The SMILES string of the molecule is CCCCCCCCNCc1sccc1NC(C)=O. The van der Waals surface area contributed by atoms with Gasteiger partial charge in [0.25, 0.3) is 0 Å². The Kier molecular flexibility index (Phi) is 8.50. The summed E-state index contributed by atoms with van der Waals surface area (Å²) in [6.07, 6.45) is 7.95. The molecule has 0 atom stereocenters. The van der Waals surface area contributed by atoms with E-state index in [4.69, 9.17) is 0 Å². The van der Waals surface area contributed by atoms with Crippen LogP contribution in [0.1, 0.15) is 57.2 Å². The fourth-order valence-electron chi connectivity index (χ4n) is 2.01. The summed E-state index contributed by atoms with van der Waals surface area (Å²) < 4.78 is 0. The summed E-state index contributed by atoms with van der Waals surface area (Å²) in [5, 5.41) is 8.33. The number of hydrogen-bond acceptors (Lipinski definition) is 3. The number of carbonyl (C=O) groups is 1. The highest BCUT2D eigenvalue weighted by Crippen LogP contribution is 2.21. The number of amides is 1. The third-order valence-electron chi connectivity index (χ3n) is 3.05. The molecule has 0 aliphatic carbocycles. The van der Waals surface area contributed by atoms with E-state index in [0.29, 0.717) is 0 Å². The summed E-state index contributed by atoms with van der Waals surface area (Å²) in [5.41, 5.74) is 0.952. The van der Waals surface area contributed by atoms with Crippen LogP contribution >= 0.6 is 11.3 Å². The highest BCUT2D eigenvalue weighted by atomic mass is 32.1. The zero-order valence-corrected chi connectivity index (χ0v) is 12.9. The molecule has 19 heavy (non-hydrogen) atoms. The van der Waals surface area contributed by atoms with Crippen LogP contribution in [0.5, 0.6) is 0 Å². The van der Waals surface area contributed by atoms with Gasteiger partial charge in [-0.25, -0.2) is 0 Å². The number of thiophene rings is 1. The second-order valence-electron chi connectivity index (χ2n) is 4.88. The molecule has 1 aromatic heterocycles. The summed E-state index contributed by atoms with van der Waals surface area (Å²) in [5.74, 6) is -0.00410. The van der Waals surface area contributed by atoms with Crippen molar-refractivity contribution in [3.05, 3.63) is 16.3 Å². The van der Waals surface area contributed by atoms with Crippen LogP contribution in [0.15, 0.2) is 11.4 Å². The lowest BCUT2D eigenvalue weighted by molar-refractivity contribution is -0.114. The Bertz CT molecular complexity index is 363. The van der Waals surface area contributed by atoms with Crippen LogP contribution in [0, 0.1) is 0 Å². The van der Waals surface area contributed by atoms with Gasteiger partial charge in [0.15, 0.2) is 0 Å². The lowest BCUT2D eigenvalue weighted by Gasteiger charge is -2.06. The molecule has 0 aromatic carbocycles. The van der Waals surface area contributed by atoms with E-state index in [0.717, 1.165) is 18.8 Å². The second kappa shape index (κ2) is 9.98. The maximum atomic E-state index is 11.0. The van der Waals surface area contributed by atoms with Crippen LogP contribution in [0.3, 0.4) is 0 Å². The summed E-state index contributed by atoms with van der Waals surface area (Å²) in [6.45, 7) is 5.70. The fraction of sp³-hybridized carbons (Fsp3) is 0.667. The minimum Gasteiger partial charge on any atom is -0.325 e. The second-order valence-corrected chi connectivity index (χ2v) is 5.88. The van der Waals surface area contributed by atoms with Gasteiger partial charge in [0.05, 0.1) is 5.69 Å². The highest BCUT2D eigenvalue weighted by molar-refractivity contribution is 7.10. The zero-order chi connectivity index (χ0) is 13.9. The first-order valence-corrected chi connectivity index (χ1v) is 8.16. The molecule has 0 saturated carbocycles. The molecule has 1 heterocycles. The molecule has 1 rings (SSSR count). The summed E-state index contributed by atoms with van der Waals surface area (Å²) >= 11 is 1.69. The third kappa shape index (κ3) is 7.33. The standard InChI is InChI=1S/C15H26N2OS/c1-3-4-5-6-7-8-10-16-12-15-14(9-11-19-15)17-13(2)18/h9,11,16H,3-8,10,12H2,1-2H3,(H,17,18). The van der Waals surface area contributed by atoms with E-state index < -0.39 is 0 Å². The Balaban J connectivity index is 2.09. The molecule has 3 nitrogen and oxygen atoms in total. The van der Waals surface area contributed by atoms with Crippen LogP contribution in [0.2, 0.25) is 0 Å². The first-order valence-electron chi connectivity index (χ1n) is 7.28. The van der Waals surface area contributed by atoms with Crippen molar-refractivity contribution < 1.29 is 4.79 Å². The van der Waals surface area contributed by atoms with E-state index in [9.17, 15) is 4.79 Å². The predicted molar refractivity (Wildman–Crippen MR) is 83.7 cm³/mol. The Morgan fingerprint density at radius 2 is 1.95 bits per heavy atom. The summed E-state index contributed by atoms with van der Waals surface area (Å²) in [4.78, 5) is 12.2. The number of rotatable bonds is 10. The van der Waals surface area contributed by atoms with Gasteiger partial charge in [-0.1, -0.05) is 39.0 Å². The van der Waals surface area contributed by atoms with Crippen LogP contribution in [-0.2, 0) is 11.3 Å². The van der Waals surface area contributed by atoms with Crippen LogP contribution in [0.4, 0.5) is 5.69 Å². The minimum atomic E-state index is -0.00410. The van der Waals surface area contributed by atoms with Crippen LogP contribution in [-0.4, -0.2) is 12.5 Å². The zero-order valence-electron chi connectivity index (χ0n) is 12.1. The molecule has 1 amide bonds. The number of carbonyl (C=O) groups excluding carboxylic acids is 1. The van der Waals surface area contributed by atoms with Gasteiger partial charge in [-0.2, -0.15) is 0 Å². The highest BCUT2D eigenvalue weighted by Gasteiger charge is 2.04. The number of hydrogen-bond donors (Lipinski definition) is 2. The summed E-state index contributed by atoms with van der Waals surface area (Å²) in [6, 6.07) is 1.97. The molecule has 0 unspecified atom stereocenters. The quantitative estimate of drug-likeness (QED) is 0.633. The van der Waals surface area contributed by atoms with Crippen molar-refractivity contribution in [2.75, 3.05) is 11.9 Å². The van der Waals surface area contributed by atoms with Gasteiger partial charge in [-0.3, -0.25) is 4.79 Å². The number of nitrogens with one attached hydrogen (secondary N) is 2. The fourth-order valence-corrected chi connectivity index (χ4v) is 2.81. The molecule has 0 aliphatic rings. The molecule has 0 radical (unpaired) electrons. The van der Waals surface area contributed by atoms with Crippen molar-refractivity contribution >= 4 is 22.9 Å². The largest absolute Gasteiger partial charge is 0.325 e. The number of anilines is 1. The topological polar surface area (TPSA) is 41.1 Å². The van der Waals surface area contributed by atoms with Gasteiger partial charge in [-0.05, 0) is 24.4 Å². The Labute approximate surface area is 120 Å². The third-order valence-corrected chi connectivity index (χ3v) is 3.97. The van der Waals surface area contributed by atoms with Crippen LogP contribution < -0.4 is 10.6 Å². The lowest BCUT2D eigenvalue weighted by Crippen LogP contribution is -2.15. The average Bonchev–Trinajstić information content (AvgIpc) is 2.79. The lowest BCUT2D eigenvalue weighted by atomic mass is 10.1. The molecule has 0 fully saturated rings.